The van der Waals surface area contributed by atoms with Crippen molar-refractivity contribution in [1.29, 1.82) is 0 Å². The molecule has 6 heteroatoms. The summed E-state index contributed by atoms with van der Waals surface area (Å²) in [6.45, 7) is 15.7. The average molecular weight is 431 g/mol. The number of anilines is 2. The molecule has 0 radical (unpaired) electrons. The first kappa shape index (κ1) is 22.2. The van der Waals surface area contributed by atoms with Crippen LogP contribution in [0.5, 0.6) is 0 Å². The molecule has 0 N–H and O–H groups in total. The van der Waals surface area contributed by atoms with Crippen LogP contribution in [0.3, 0.4) is 0 Å². The lowest BCUT2D eigenvalue weighted by Gasteiger charge is -2.41. The summed E-state index contributed by atoms with van der Waals surface area (Å²) in [4.78, 5) is 14.1. The highest BCUT2D eigenvalue weighted by atomic mass is 15.3. The molecule has 1 aliphatic rings. The standard InChI is InChI=1S/C26H34N6/c1-18-17-31(12-13-32(18)24-16-27-23(15-28-24)26(4,5)6)25-20(3)19(2)22(29-30-25)14-21-10-8-7-9-11-21/h7-11,15-16,18H,12-14,17H2,1-6H3/t18-/m1/s1. The SMILES string of the molecule is Cc1c(Cc2ccccc2)nnc(N2CCN(c3cnc(C(C)(C)C)cn3)[C@H](C)C2)c1C. The van der Waals surface area contributed by atoms with Crippen molar-refractivity contribution < 1.29 is 0 Å². The molecular weight excluding hydrogens is 396 g/mol. The lowest BCUT2D eigenvalue weighted by molar-refractivity contribution is 0.534. The Morgan fingerprint density at radius 2 is 1.69 bits per heavy atom. The molecule has 1 aromatic carbocycles. The van der Waals surface area contributed by atoms with Crippen LogP contribution in [0.4, 0.5) is 11.6 Å². The molecule has 0 unspecified atom stereocenters. The molecule has 0 aliphatic carbocycles. The van der Waals surface area contributed by atoms with Crippen molar-refractivity contribution in [2.45, 2.75) is 59.4 Å². The van der Waals surface area contributed by atoms with Crippen LogP contribution in [0.15, 0.2) is 42.7 Å². The number of piperazine rings is 1. The van der Waals surface area contributed by atoms with Crippen molar-refractivity contribution in [2.75, 3.05) is 29.4 Å². The summed E-state index contributed by atoms with van der Waals surface area (Å²) in [5.41, 5.74) is 5.80. The number of rotatable bonds is 4. The monoisotopic (exact) mass is 430 g/mol. The van der Waals surface area contributed by atoms with Gasteiger partial charge in [0.2, 0.25) is 0 Å². The third-order valence-corrected chi connectivity index (χ3v) is 6.44. The minimum Gasteiger partial charge on any atom is -0.351 e. The Hall–Kier alpha value is -3.02. The maximum atomic E-state index is 4.72. The Kier molecular flexibility index (Phi) is 6.13. The van der Waals surface area contributed by atoms with E-state index in [4.69, 9.17) is 4.98 Å². The van der Waals surface area contributed by atoms with Crippen LogP contribution in [0.2, 0.25) is 0 Å². The zero-order valence-corrected chi connectivity index (χ0v) is 20.1. The fourth-order valence-corrected chi connectivity index (χ4v) is 4.25. The molecular formula is C26H34N6. The Morgan fingerprint density at radius 1 is 0.938 bits per heavy atom. The average Bonchev–Trinajstić information content (AvgIpc) is 2.77. The summed E-state index contributed by atoms with van der Waals surface area (Å²) in [7, 11) is 0. The van der Waals surface area contributed by atoms with Gasteiger partial charge in [0.15, 0.2) is 5.82 Å². The Balaban J connectivity index is 1.48. The first-order valence-corrected chi connectivity index (χ1v) is 11.4. The van der Waals surface area contributed by atoms with Crippen molar-refractivity contribution >= 4 is 11.6 Å². The highest BCUT2D eigenvalue weighted by molar-refractivity contribution is 5.53. The van der Waals surface area contributed by atoms with Crippen LogP contribution in [0.25, 0.3) is 0 Å². The molecule has 1 aliphatic heterocycles. The molecule has 1 saturated heterocycles. The second-order valence-corrected chi connectivity index (χ2v) is 9.88. The van der Waals surface area contributed by atoms with E-state index in [1.54, 1.807) is 0 Å². The summed E-state index contributed by atoms with van der Waals surface area (Å²) in [5, 5.41) is 9.28. The number of nitrogens with zero attached hydrogens (tertiary/aromatic N) is 6. The maximum absolute atomic E-state index is 4.72. The molecule has 3 heterocycles. The van der Waals surface area contributed by atoms with E-state index in [1.807, 2.05) is 18.5 Å². The van der Waals surface area contributed by atoms with Gasteiger partial charge in [-0.15, -0.1) is 5.10 Å². The second kappa shape index (κ2) is 8.85. The van der Waals surface area contributed by atoms with Crippen LogP contribution in [-0.4, -0.2) is 45.8 Å². The molecule has 0 saturated carbocycles. The van der Waals surface area contributed by atoms with Crippen LogP contribution in [-0.2, 0) is 11.8 Å². The van der Waals surface area contributed by atoms with Gasteiger partial charge in [0, 0.05) is 37.5 Å². The molecule has 0 amide bonds. The number of hydrogen-bond donors (Lipinski definition) is 0. The van der Waals surface area contributed by atoms with E-state index in [1.165, 1.54) is 16.7 Å². The first-order chi connectivity index (χ1) is 15.2. The third-order valence-electron chi connectivity index (χ3n) is 6.44. The molecule has 4 rings (SSSR count). The van der Waals surface area contributed by atoms with E-state index >= 15 is 0 Å². The summed E-state index contributed by atoms with van der Waals surface area (Å²) < 4.78 is 0. The zero-order valence-electron chi connectivity index (χ0n) is 20.1. The van der Waals surface area contributed by atoms with Gasteiger partial charge in [-0.3, -0.25) is 4.98 Å². The van der Waals surface area contributed by atoms with E-state index < -0.39 is 0 Å². The maximum Gasteiger partial charge on any atom is 0.154 e. The number of benzene rings is 1. The zero-order chi connectivity index (χ0) is 22.9. The largest absolute Gasteiger partial charge is 0.351 e. The normalized spacial score (nSPS) is 17.0. The van der Waals surface area contributed by atoms with Crippen molar-refractivity contribution in [3.05, 3.63) is 70.8 Å². The molecule has 3 aromatic rings. The molecule has 32 heavy (non-hydrogen) atoms. The molecule has 6 nitrogen and oxygen atoms in total. The smallest absolute Gasteiger partial charge is 0.154 e. The predicted molar refractivity (Wildman–Crippen MR) is 131 cm³/mol. The molecule has 2 aromatic heterocycles. The van der Waals surface area contributed by atoms with E-state index in [2.05, 4.69) is 90.8 Å². The summed E-state index contributed by atoms with van der Waals surface area (Å²) in [6.07, 6.45) is 4.65. The van der Waals surface area contributed by atoms with Gasteiger partial charge in [-0.25, -0.2) is 4.98 Å². The van der Waals surface area contributed by atoms with Gasteiger partial charge in [0.05, 0.1) is 23.8 Å². The van der Waals surface area contributed by atoms with E-state index in [0.717, 1.165) is 49.1 Å². The Bertz CT molecular complexity index is 1060. The van der Waals surface area contributed by atoms with E-state index in [0.29, 0.717) is 6.04 Å². The van der Waals surface area contributed by atoms with Crippen molar-refractivity contribution in [3.63, 3.8) is 0 Å². The lowest BCUT2D eigenvalue weighted by Crippen LogP contribution is -2.53. The number of hydrogen-bond acceptors (Lipinski definition) is 6. The van der Waals surface area contributed by atoms with Gasteiger partial charge in [0.25, 0.3) is 0 Å². The van der Waals surface area contributed by atoms with Crippen LogP contribution >= 0.6 is 0 Å². The van der Waals surface area contributed by atoms with Crippen LogP contribution < -0.4 is 9.80 Å². The van der Waals surface area contributed by atoms with Gasteiger partial charge in [-0.2, -0.15) is 5.10 Å². The molecule has 1 atom stereocenters. The van der Waals surface area contributed by atoms with Crippen molar-refractivity contribution in [2.24, 2.45) is 0 Å². The van der Waals surface area contributed by atoms with Gasteiger partial charge in [-0.05, 0) is 37.5 Å². The minimum absolute atomic E-state index is 0.0105. The fraction of sp³-hybridized carbons (Fsp3) is 0.462. The van der Waals surface area contributed by atoms with Crippen LogP contribution in [0, 0.1) is 13.8 Å². The highest BCUT2D eigenvalue weighted by Crippen LogP contribution is 2.27. The summed E-state index contributed by atoms with van der Waals surface area (Å²) in [5.74, 6) is 1.95. The molecule has 1 fully saturated rings. The van der Waals surface area contributed by atoms with Gasteiger partial charge in [-0.1, -0.05) is 51.1 Å². The predicted octanol–water partition coefficient (Wildman–Crippen LogP) is 4.49. The molecule has 0 spiro atoms. The van der Waals surface area contributed by atoms with Gasteiger partial charge >= 0.3 is 0 Å². The first-order valence-electron chi connectivity index (χ1n) is 11.4. The minimum atomic E-state index is 0.0105. The van der Waals surface area contributed by atoms with Crippen molar-refractivity contribution in [1.82, 2.24) is 20.2 Å². The quantitative estimate of drug-likeness (QED) is 0.608. The Labute approximate surface area is 191 Å². The van der Waals surface area contributed by atoms with E-state index in [-0.39, 0.29) is 5.41 Å². The molecule has 168 valence electrons. The summed E-state index contributed by atoms with van der Waals surface area (Å²) in [6, 6.07) is 10.8. The third kappa shape index (κ3) is 4.59. The van der Waals surface area contributed by atoms with Gasteiger partial charge < -0.3 is 9.80 Å². The summed E-state index contributed by atoms with van der Waals surface area (Å²) >= 11 is 0. The highest BCUT2D eigenvalue weighted by Gasteiger charge is 2.28. The van der Waals surface area contributed by atoms with Gasteiger partial charge in [0.1, 0.15) is 5.82 Å². The topological polar surface area (TPSA) is 58.0 Å². The Morgan fingerprint density at radius 3 is 2.31 bits per heavy atom. The van der Waals surface area contributed by atoms with E-state index in [9.17, 15) is 0 Å². The van der Waals surface area contributed by atoms with Crippen molar-refractivity contribution in [3.8, 4) is 0 Å². The lowest BCUT2D eigenvalue weighted by atomic mass is 9.93. The number of aromatic nitrogens is 4. The fourth-order valence-electron chi connectivity index (χ4n) is 4.25. The second-order valence-electron chi connectivity index (χ2n) is 9.88. The molecule has 0 bridgehead atoms. The van der Waals surface area contributed by atoms with Crippen LogP contribution in [0.1, 0.15) is 55.8 Å².